The number of benzene rings is 2. The highest BCUT2D eigenvalue weighted by molar-refractivity contribution is 6.31. The van der Waals surface area contributed by atoms with Crippen LogP contribution in [0, 0.1) is 13.8 Å². The van der Waals surface area contributed by atoms with E-state index in [-0.39, 0.29) is 6.03 Å². The van der Waals surface area contributed by atoms with Crippen molar-refractivity contribution in [2.75, 3.05) is 5.32 Å². The fourth-order valence-corrected chi connectivity index (χ4v) is 3.75. The lowest BCUT2D eigenvalue weighted by molar-refractivity contribution is 0.204. The fourth-order valence-electron chi connectivity index (χ4n) is 3.56. The molecule has 4 rings (SSSR count). The van der Waals surface area contributed by atoms with E-state index in [1.807, 2.05) is 60.5 Å². The van der Waals surface area contributed by atoms with Gasteiger partial charge >= 0.3 is 6.03 Å². The second-order valence-corrected chi connectivity index (χ2v) is 8.16. The van der Waals surface area contributed by atoms with Gasteiger partial charge in [0.05, 0.1) is 6.54 Å². The molecule has 150 valence electrons. The first-order valence-electron chi connectivity index (χ1n) is 10.0. The normalized spacial score (nSPS) is 13.3. The monoisotopic (exact) mass is 407 g/mol. The Labute approximate surface area is 177 Å². The molecule has 1 heterocycles. The molecule has 0 saturated heterocycles. The van der Waals surface area contributed by atoms with Gasteiger partial charge in [0.25, 0.3) is 0 Å². The van der Waals surface area contributed by atoms with E-state index >= 15 is 0 Å². The van der Waals surface area contributed by atoms with Crippen molar-refractivity contribution in [3.05, 3.63) is 88.2 Å². The molecule has 1 aliphatic carbocycles. The van der Waals surface area contributed by atoms with Crippen LogP contribution in [0.4, 0.5) is 10.5 Å². The molecule has 1 saturated carbocycles. The van der Waals surface area contributed by atoms with Crippen LogP contribution in [0.3, 0.4) is 0 Å². The molecule has 0 bridgehead atoms. The Kier molecular flexibility index (Phi) is 5.63. The van der Waals surface area contributed by atoms with Gasteiger partial charge in [-0.25, -0.2) is 4.79 Å². The van der Waals surface area contributed by atoms with E-state index in [9.17, 15) is 4.79 Å². The van der Waals surface area contributed by atoms with Crippen LogP contribution >= 0.6 is 11.6 Å². The van der Waals surface area contributed by atoms with Crippen molar-refractivity contribution in [2.24, 2.45) is 0 Å². The van der Waals surface area contributed by atoms with Crippen molar-refractivity contribution >= 4 is 23.3 Å². The van der Waals surface area contributed by atoms with Crippen molar-refractivity contribution in [2.45, 2.75) is 45.8 Å². The molecule has 2 amide bonds. The Morgan fingerprint density at radius 1 is 1.10 bits per heavy atom. The van der Waals surface area contributed by atoms with E-state index in [2.05, 4.69) is 28.9 Å². The Morgan fingerprint density at radius 3 is 2.66 bits per heavy atom. The predicted molar refractivity (Wildman–Crippen MR) is 118 cm³/mol. The van der Waals surface area contributed by atoms with E-state index in [4.69, 9.17) is 11.6 Å². The highest BCUT2D eigenvalue weighted by atomic mass is 35.5. The molecule has 1 aliphatic rings. The van der Waals surface area contributed by atoms with Gasteiger partial charge in [-0.15, -0.1) is 0 Å². The number of urea groups is 1. The summed E-state index contributed by atoms with van der Waals surface area (Å²) in [5.74, 6) is 0. The first kappa shape index (κ1) is 19.6. The minimum Gasteiger partial charge on any atom is -0.345 e. The van der Waals surface area contributed by atoms with E-state index in [1.165, 1.54) is 5.56 Å². The number of aryl methyl sites for hydroxylation is 1. The van der Waals surface area contributed by atoms with Crippen molar-refractivity contribution in [1.29, 1.82) is 0 Å². The number of carbonyl (C=O) groups is 1. The third-order valence-electron chi connectivity index (χ3n) is 5.65. The maximum atomic E-state index is 13.1. The van der Waals surface area contributed by atoms with Gasteiger partial charge in [-0.2, -0.15) is 0 Å². The van der Waals surface area contributed by atoms with Crippen molar-refractivity contribution < 1.29 is 4.79 Å². The third kappa shape index (κ3) is 4.48. The molecular weight excluding hydrogens is 382 g/mol. The molecule has 0 atom stereocenters. The van der Waals surface area contributed by atoms with Gasteiger partial charge in [0.2, 0.25) is 0 Å². The summed E-state index contributed by atoms with van der Waals surface area (Å²) in [5, 5.41) is 3.88. The molecule has 0 unspecified atom stereocenters. The number of rotatable bonds is 6. The SMILES string of the molecule is Cc1cccc(NC(=O)N(Cc2cccn2Cc2ccccc2Cl)C2CC2)c1C. The number of carbonyl (C=O) groups excluding carboxylic acids is 1. The number of anilines is 1. The number of halogens is 1. The average molecular weight is 408 g/mol. The van der Waals surface area contributed by atoms with E-state index < -0.39 is 0 Å². The summed E-state index contributed by atoms with van der Waals surface area (Å²) < 4.78 is 2.17. The van der Waals surface area contributed by atoms with Gasteiger partial charge in [-0.05, 0) is 67.6 Å². The number of hydrogen-bond donors (Lipinski definition) is 1. The second kappa shape index (κ2) is 8.34. The lowest BCUT2D eigenvalue weighted by Crippen LogP contribution is -2.37. The van der Waals surface area contributed by atoms with Crippen LogP contribution in [0.1, 0.15) is 35.2 Å². The van der Waals surface area contributed by atoms with Crippen LogP contribution in [0.15, 0.2) is 60.8 Å². The number of nitrogens with one attached hydrogen (secondary N) is 1. The van der Waals surface area contributed by atoms with Crippen LogP contribution in [0.2, 0.25) is 5.02 Å². The fraction of sp³-hybridized carbons (Fsp3) is 0.292. The van der Waals surface area contributed by atoms with E-state index in [0.717, 1.165) is 40.4 Å². The van der Waals surface area contributed by atoms with Crippen LogP contribution in [0.5, 0.6) is 0 Å². The second-order valence-electron chi connectivity index (χ2n) is 7.76. The molecule has 1 N–H and O–H groups in total. The lowest BCUT2D eigenvalue weighted by Gasteiger charge is -2.24. The number of nitrogens with zero attached hydrogens (tertiary/aromatic N) is 2. The molecule has 0 radical (unpaired) electrons. The molecule has 1 fully saturated rings. The largest absolute Gasteiger partial charge is 0.345 e. The molecule has 5 heteroatoms. The Balaban J connectivity index is 1.51. The summed E-state index contributed by atoms with van der Waals surface area (Å²) in [6.45, 7) is 5.38. The van der Waals surface area contributed by atoms with Gasteiger partial charge in [0.1, 0.15) is 0 Å². The van der Waals surface area contributed by atoms with E-state index in [0.29, 0.717) is 19.1 Å². The summed E-state index contributed by atoms with van der Waals surface area (Å²) in [4.78, 5) is 15.1. The zero-order valence-electron chi connectivity index (χ0n) is 16.9. The highest BCUT2D eigenvalue weighted by Crippen LogP contribution is 2.30. The summed E-state index contributed by atoms with van der Waals surface area (Å²) in [7, 11) is 0. The summed E-state index contributed by atoms with van der Waals surface area (Å²) in [6, 6.07) is 18.3. The van der Waals surface area contributed by atoms with Crippen LogP contribution < -0.4 is 5.32 Å². The Morgan fingerprint density at radius 2 is 1.90 bits per heavy atom. The van der Waals surface area contributed by atoms with Gasteiger partial charge in [0.15, 0.2) is 0 Å². The zero-order chi connectivity index (χ0) is 20.4. The van der Waals surface area contributed by atoms with Crippen LogP contribution in [0.25, 0.3) is 0 Å². The first-order chi connectivity index (χ1) is 14.0. The minimum atomic E-state index is -0.0355. The van der Waals surface area contributed by atoms with Crippen LogP contribution in [-0.2, 0) is 13.1 Å². The molecule has 3 aromatic rings. The summed E-state index contributed by atoms with van der Waals surface area (Å²) >= 11 is 6.34. The number of hydrogen-bond acceptors (Lipinski definition) is 1. The number of amides is 2. The van der Waals surface area contributed by atoms with Gasteiger partial charge in [-0.3, -0.25) is 0 Å². The maximum Gasteiger partial charge on any atom is 0.322 e. The predicted octanol–water partition coefficient (Wildman–Crippen LogP) is 6.00. The standard InChI is InChI=1S/C24H26ClN3O/c1-17-7-5-11-23(18(17)2)26-24(29)28(20-12-13-20)16-21-9-6-14-27(21)15-19-8-3-4-10-22(19)25/h3-11,14,20H,12-13,15-16H2,1-2H3,(H,26,29). The van der Waals surface area contributed by atoms with Gasteiger partial charge in [-0.1, -0.05) is 41.9 Å². The van der Waals surface area contributed by atoms with Crippen molar-refractivity contribution in [3.63, 3.8) is 0 Å². The van der Waals surface area contributed by atoms with E-state index in [1.54, 1.807) is 0 Å². The summed E-state index contributed by atoms with van der Waals surface area (Å²) in [6.07, 6.45) is 4.17. The highest BCUT2D eigenvalue weighted by Gasteiger charge is 2.33. The maximum absolute atomic E-state index is 13.1. The topological polar surface area (TPSA) is 37.3 Å². The molecule has 2 aromatic carbocycles. The first-order valence-corrected chi connectivity index (χ1v) is 10.4. The smallest absolute Gasteiger partial charge is 0.322 e. The van der Waals surface area contributed by atoms with Crippen molar-refractivity contribution in [1.82, 2.24) is 9.47 Å². The third-order valence-corrected chi connectivity index (χ3v) is 6.02. The average Bonchev–Trinajstić information content (AvgIpc) is 3.45. The molecule has 29 heavy (non-hydrogen) atoms. The zero-order valence-corrected chi connectivity index (χ0v) is 17.6. The Bertz CT molecular complexity index is 1020. The minimum absolute atomic E-state index is 0.0355. The van der Waals surface area contributed by atoms with Crippen molar-refractivity contribution in [3.8, 4) is 0 Å². The van der Waals surface area contributed by atoms with Gasteiger partial charge < -0.3 is 14.8 Å². The summed E-state index contributed by atoms with van der Waals surface area (Å²) in [5.41, 5.74) is 5.34. The van der Waals surface area contributed by atoms with Crippen LogP contribution in [-0.4, -0.2) is 21.5 Å². The van der Waals surface area contributed by atoms with Gasteiger partial charge in [0, 0.05) is 35.2 Å². The Hall–Kier alpha value is -2.72. The quantitative estimate of drug-likeness (QED) is 0.534. The molecule has 4 nitrogen and oxygen atoms in total. The lowest BCUT2D eigenvalue weighted by atomic mass is 10.1. The number of aromatic nitrogens is 1. The molecule has 0 spiro atoms. The molecule has 0 aliphatic heterocycles. The molecular formula is C24H26ClN3O. The molecule has 1 aromatic heterocycles.